The van der Waals surface area contributed by atoms with E-state index in [-0.39, 0.29) is 0 Å². The molecular formula is C17H22N2OS. The number of nitrogens with zero attached hydrogens (tertiary/aromatic N) is 1. The summed E-state index contributed by atoms with van der Waals surface area (Å²) in [5.41, 5.74) is 2.34. The van der Waals surface area contributed by atoms with Crippen LogP contribution in [0.1, 0.15) is 29.7 Å². The molecule has 0 bridgehead atoms. The van der Waals surface area contributed by atoms with Crippen molar-refractivity contribution in [2.45, 2.75) is 38.8 Å². The lowest BCUT2D eigenvalue weighted by Gasteiger charge is -2.03. The van der Waals surface area contributed by atoms with Gasteiger partial charge in [0.25, 0.3) is 0 Å². The van der Waals surface area contributed by atoms with Gasteiger partial charge in [-0.1, -0.05) is 30.3 Å². The summed E-state index contributed by atoms with van der Waals surface area (Å²) < 4.78 is 5.51. The third kappa shape index (κ3) is 4.13. The van der Waals surface area contributed by atoms with Crippen molar-refractivity contribution in [1.82, 2.24) is 10.3 Å². The highest BCUT2D eigenvalue weighted by molar-refractivity contribution is 7.12. The van der Waals surface area contributed by atoms with Crippen molar-refractivity contribution in [2.24, 2.45) is 0 Å². The largest absolute Gasteiger partial charge is 0.375 e. The van der Waals surface area contributed by atoms with Crippen LogP contribution in [0.15, 0.2) is 30.3 Å². The lowest BCUT2D eigenvalue weighted by atomic mass is 10.1. The third-order valence-electron chi connectivity index (χ3n) is 3.58. The van der Waals surface area contributed by atoms with E-state index in [1.807, 2.05) is 13.0 Å². The van der Waals surface area contributed by atoms with Gasteiger partial charge in [0.2, 0.25) is 0 Å². The number of rotatable bonds is 8. The van der Waals surface area contributed by atoms with E-state index in [1.165, 1.54) is 23.3 Å². The van der Waals surface area contributed by atoms with Gasteiger partial charge in [0.15, 0.2) is 0 Å². The van der Waals surface area contributed by atoms with Crippen molar-refractivity contribution >= 4 is 11.3 Å². The number of hydrogen-bond acceptors (Lipinski definition) is 4. The Labute approximate surface area is 130 Å². The first-order valence-electron chi connectivity index (χ1n) is 7.72. The van der Waals surface area contributed by atoms with E-state index >= 15 is 0 Å². The first kappa shape index (κ1) is 14.7. The van der Waals surface area contributed by atoms with Gasteiger partial charge < -0.3 is 10.1 Å². The Balaban J connectivity index is 1.75. The van der Waals surface area contributed by atoms with Crippen LogP contribution in [0.5, 0.6) is 0 Å². The molecule has 0 saturated heterocycles. The minimum absolute atomic E-state index is 0.622. The minimum Gasteiger partial charge on any atom is -0.375 e. The van der Waals surface area contributed by atoms with E-state index in [0.717, 1.165) is 36.3 Å². The first-order chi connectivity index (χ1) is 10.4. The summed E-state index contributed by atoms with van der Waals surface area (Å²) in [6.45, 7) is 4.42. The van der Waals surface area contributed by atoms with Gasteiger partial charge in [0.1, 0.15) is 5.01 Å². The molecule has 21 heavy (non-hydrogen) atoms. The SMILES string of the molecule is CCOCc1nc(-c2ccccc2)c(CCNC2CC2)s1. The summed E-state index contributed by atoms with van der Waals surface area (Å²) >= 11 is 1.79. The molecule has 1 aliphatic rings. The fourth-order valence-electron chi connectivity index (χ4n) is 2.32. The summed E-state index contributed by atoms with van der Waals surface area (Å²) in [6.07, 6.45) is 3.72. The zero-order valence-electron chi connectivity index (χ0n) is 12.5. The van der Waals surface area contributed by atoms with Gasteiger partial charge in [-0.3, -0.25) is 0 Å². The fraction of sp³-hybridized carbons (Fsp3) is 0.471. The zero-order chi connectivity index (χ0) is 14.5. The van der Waals surface area contributed by atoms with Gasteiger partial charge in [0.05, 0.1) is 12.3 Å². The predicted octanol–water partition coefficient (Wildman–Crippen LogP) is 3.64. The predicted molar refractivity (Wildman–Crippen MR) is 87.6 cm³/mol. The van der Waals surface area contributed by atoms with Gasteiger partial charge in [-0.25, -0.2) is 4.98 Å². The van der Waals surface area contributed by atoms with Crippen LogP contribution >= 0.6 is 11.3 Å². The number of aromatic nitrogens is 1. The topological polar surface area (TPSA) is 34.1 Å². The number of hydrogen-bond donors (Lipinski definition) is 1. The normalized spacial score (nSPS) is 14.5. The summed E-state index contributed by atoms with van der Waals surface area (Å²) in [4.78, 5) is 6.16. The van der Waals surface area contributed by atoms with Gasteiger partial charge in [-0.15, -0.1) is 11.3 Å². The summed E-state index contributed by atoms with van der Waals surface area (Å²) in [5, 5.41) is 4.66. The van der Waals surface area contributed by atoms with Gasteiger partial charge >= 0.3 is 0 Å². The van der Waals surface area contributed by atoms with Crippen LogP contribution in [-0.4, -0.2) is 24.2 Å². The standard InChI is InChI=1S/C17H22N2OS/c1-2-20-12-16-19-17(13-6-4-3-5-7-13)15(21-16)10-11-18-14-8-9-14/h3-7,14,18H,2,8-12H2,1H3. The van der Waals surface area contributed by atoms with Gasteiger partial charge in [-0.05, 0) is 26.2 Å². The second kappa shape index (κ2) is 7.16. The average Bonchev–Trinajstić information content (AvgIpc) is 3.25. The molecular weight excluding hydrogens is 280 g/mol. The minimum atomic E-state index is 0.622. The van der Waals surface area contributed by atoms with Crippen molar-refractivity contribution in [2.75, 3.05) is 13.2 Å². The summed E-state index contributed by atoms with van der Waals surface area (Å²) in [5.74, 6) is 0. The van der Waals surface area contributed by atoms with E-state index in [0.29, 0.717) is 6.61 Å². The Hall–Kier alpha value is -1.23. The molecule has 0 radical (unpaired) electrons. The van der Waals surface area contributed by atoms with Gasteiger partial charge in [0, 0.05) is 29.6 Å². The quantitative estimate of drug-likeness (QED) is 0.808. The molecule has 0 atom stereocenters. The van der Waals surface area contributed by atoms with Crippen LogP contribution in [0, 0.1) is 0 Å². The zero-order valence-corrected chi connectivity index (χ0v) is 13.3. The van der Waals surface area contributed by atoms with Crippen LogP contribution in [0.2, 0.25) is 0 Å². The molecule has 1 aromatic carbocycles. The van der Waals surface area contributed by atoms with E-state index in [1.54, 1.807) is 11.3 Å². The molecule has 0 unspecified atom stereocenters. The second-order valence-corrected chi connectivity index (χ2v) is 6.53. The fourth-order valence-corrected chi connectivity index (χ4v) is 3.35. The molecule has 0 aliphatic heterocycles. The molecule has 0 amide bonds. The van der Waals surface area contributed by atoms with Crippen molar-refractivity contribution < 1.29 is 4.74 Å². The average molecular weight is 302 g/mol. The second-order valence-electron chi connectivity index (χ2n) is 5.36. The molecule has 3 nitrogen and oxygen atoms in total. The Morgan fingerprint density at radius 1 is 1.29 bits per heavy atom. The van der Waals surface area contributed by atoms with Crippen molar-refractivity contribution in [3.63, 3.8) is 0 Å². The highest BCUT2D eigenvalue weighted by atomic mass is 32.1. The van der Waals surface area contributed by atoms with Crippen molar-refractivity contribution in [1.29, 1.82) is 0 Å². The Kier molecular flexibility index (Phi) is 5.01. The maximum absolute atomic E-state index is 5.51. The number of ether oxygens (including phenoxy) is 1. The Morgan fingerprint density at radius 3 is 2.81 bits per heavy atom. The van der Waals surface area contributed by atoms with Crippen LogP contribution in [-0.2, 0) is 17.8 Å². The third-order valence-corrected chi connectivity index (χ3v) is 4.67. The maximum atomic E-state index is 5.51. The summed E-state index contributed by atoms with van der Waals surface area (Å²) in [7, 11) is 0. The summed E-state index contributed by atoms with van der Waals surface area (Å²) in [6, 6.07) is 11.2. The highest BCUT2D eigenvalue weighted by Crippen LogP contribution is 2.29. The molecule has 1 N–H and O–H groups in total. The molecule has 1 heterocycles. The lowest BCUT2D eigenvalue weighted by Crippen LogP contribution is -2.19. The Morgan fingerprint density at radius 2 is 2.10 bits per heavy atom. The molecule has 112 valence electrons. The van der Waals surface area contributed by atoms with Crippen LogP contribution in [0.3, 0.4) is 0 Å². The van der Waals surface area contributed by atoms with E-state index < -0.39 is 0 Å². The van der Waals surface area contributed by atoms with E-state index in [2.05, 4.69) is 29.6 Å². The molecule has 1 fully saturated rings. The van der Waals surface area contributed by atoms with E-state index in [4.69, 9.17) is 9.72 Å². The van der Waals surface area contributed by atoms with Gasteiger partial charge in [-0.2, -0.15) is 0 Å². The number of nitrogens with one attached hydrogen (secondary N) is 1. The number of benzene rings is 1. The number of thiazole rings is 1. The van der Waals surface area contributed by atoms with Crippen molar-refractivity contribution in [3.05, 3.63) is 40.2 Å². The van der Waals surface area contributed by atoms with Crippen molar-refractivity contribution in [3.8, 4) is 11.3 Å². The lowest BCUT2D eigenvalue weighted by molar-refractivity contribution is 0.134. The maximum Gasteiger partial charge on any atom is 0.119 e. The highest BCUT2D eigenvalue weighted by Gasteiger charge is 2.20. The molecule has 3 rings (SSSR count). The molecule has 1 saturated carbocycles. The van der Waals surface area contributed by atoms with Crippen LogP contribution in [0.25, 0.3) is 11.3 Å². The van der Waals surface area contributed by atoms with E-state index in [9.17, 15) is 0 Å². The smallest absolute Gasteiger partial charge is 0.119 e. The molecule has 1 aliphatic carbocycles. The van der Waals surface area contributed by atoms with Crippen LogP contribution < -0.4 is 5.32 Å². The molecule has 4 heteroatoms. The molecule has 2 aromatic rings. The monoisotopic (exact) mass is 302 g/mol. The first-order valence-corrected chi connectivity index (χ1v) is 8.53. The van der Waals surface area contributed by atoms with Crippen LogP contribution in [0.4, 0.5) is 0 Å². The Bertz CT molecular complexity index is 563. The molecule has 1 aromatic heterocycles. The molecule has 0 spiro atoms.